The Morgan fingerprint density at radius 3 is 2.82 bits per heavy atom. The van der Waals surface area contributed by atoms with Crippen molar-refractivity contribution in [3.05, 3.63) is 56.4 Å². The molecular formula is C20H18Cl2N4O2. The molecule has 4 heterocycles. The summed E-state index contributed by atoms with van der Waals surface area (Å²) in [6.07, 6.45) is 2.41. The van der Waals surface area contributed by atoms with Gasteiger partial charge in [0.1, 0.15) is 11.5 Å². The zero-order chi connectivity index (χ0) is 19.4. The van der Waals surface area contributed by atoms with Crippen LogP contribution in [0.1, 0.15) is 39.9 Å². The third-order valence-corrected chi connectivity index (χ3v) is 6.28. The summed E-state index contributed by atoms with van der Waals surface area (Å²) in [5, 5.41) is 9.93. The molecule has 0 atom stereocenters. The number of amides is 1. The molecule has 0 N–H and O–H groups in total. The third kappa shape index (κ3) is 2.66. The fraction of sp³-hybridized carbons (Fsp3) is 0.350. The molecule has 0 aliphatic carbocycles. The molecule has 1 aromatic carbocycles. The Labute approximate surface area is 172 Å². The zero-order valence-corrected chi connectivity index (χ0v) is 16.8. The smallest absolute Gasteiger partial charge is 0.254 e. The molecule has 2 aromatic heterocycles. The molecule has 1 amide bonds. The van der Waals surface area contributed by atoms with Gasteiger partial charge in [-0.1, -0.05) is 35.3 Å². The average Bonchev–Trinajstić information content (AvgIpc) is 3.29. The van der Waals surface area contributed by atoms with E-state index in [4.69, 9.17) is 32.8 Å². The van der Waals surface area contributed by atoms with Gasteiger partial charge in [0.15, 0.2) is 0 Å². The van der Waals surface area contributed by atoms with Gasteiger partial charge in [0.2, 0.25) is 0 Å². The summed E-state index contributed by atoms with van der Waals surface area (Å²) in [5.41, 5.74) is 5.69. The van der Waals surface area contributed by atoms with Crippen LogP contribution >= 0.6 is 23.2 Å². The summed E-state index contributed by atoms with van der Waals surface area (Å²) in [6, 6.07) is 4.99. The van der Waals surface area contributed by atoms with Gasteiger partial charge in [0.05, 0.1) is 28.0 Å². The highest BCUT2D eigenvalue weighted by molar-refractivity contribution is 6.42. The Kier molecular flexibility index (Phi) is 4.21. The molecule has 2 aliphatic rings. The summed E-state index contributed by atoms with van der Waals surface area (Å²) in [5.74, 6) is 0.880. The molecule has 0 saturated heterocycles. The van der Waals surface area contributed by atoms with E-state index >= 15 is 0 Å². The lowest BCUT2D eigenvalue weighted by molar-refractivity contribution is 0.0734. The van der Waals surface area contributed by atoms with Crippen LogP contribution in [0.3, 0.4) is 0 Å². The van der Waals surface area contributed by atoms with Crippen LogP contribution < -0.4 is 0 Å². The fourth-order valence-electron chi connectivity index (χ4n) is 4.12. The number of hydrogen-bond acceptors (Lipinski definition) is 4. The molecule has 0 radical (unpaired) electrons. The van der Waals surface area contributed by atoms with Crippen LogP contribution in [0.5, 0.6) is 0 Å². The maximum Gasteiger partial charge on any atom is 0.254 e. The maximum absolute atomic E-state index is 13.0. The second-order valence-corrected chi connectivity index (χ2v) is 7.95. The van der Waals surface area contributed by atoms with E-state index in [1.807, 2.05) is 9.58 Å². The van der Waals surface area contributed by atoms with Crippen molar-refractivity contribution in [1.82, 2.24) is 19.8 Å². The standard InChI is InChI=1S/C20H18Cl2N4O2/c1-2-17-12-5-8-26-19(18(12)24-28-17)13-10-25(7-6-16(13)23-26)20(27)11-3-4-14(21)15(22)9-11/h3-4,9H,2,5-8,10H2,1H3. The van der Waals surface area contributed by atoms with E-state index in [0.717, 1.165) is 54.2 Å². The molecule has 3 aromatic rings. The van der Waals surface area contributed by atoms with Gasteiger partial charge in [-0.25, -0.2) is 0 Å². The molecule has 2 aliphatic heterocycles. The minimum absolute atomic E-state index is 0.0606. The van der Waals surface area contributed by atoms with Gasteiger partial charge >= 0.3 is 0 Å². The number of rotatable bonds is 2. The highest BCUT2D eigenvalue weighted by atomic mass is 35.5. The summed E-state index contributed by atoms with van der Waals surface area (Å²) < 4.78 is 7.57. The van der Waals surface area contributed by atoms with E-state index in [1.54, 1.807) is 18.2 Å². The summed E-state index contributed by atoms with van der Waals surface area (Å²) in [6.45, 7) is 4.00. The number of hydrogen-bond donors (Lipinski definition) is 0. The SMILES string of the molecule is CCc1onc2c1CCn1nc3c(c1-2)CN(C(=O)c1ccc(Cl)c(Cl)c1)CC3. The Balaban J connectivity index is 1.50. The number of aryl methyl sites for hydroxylation is 2. The Morgan fingerprint density at radius 2 is 2.04 bits per heavy atom. The first-order valence-corrected chi connectivity index (χ1v) is 10.1. The van der Waals surface area contributed by atoms with Crippen LogP contribution in [0, 0.1) is 0 Å². The second-order valence-electron chi connectivity index (χ2n) is 7.14. The Hall–Kier alpha value is -2.31. The van der Waals surface area contributed by atoms with Gasteiger partial charge in [-0.15, -0.1) is 0 Å². The topological polar surface area (TPSA) is 64.2 Å². The highest BCUT2D eigenvalue weighted by Gasteiger charge is 2.33. The van der Waals surface area contributed by atoms with Crippen LogP contribution in [-0.2, 0) is 32.4 Å². The van der Waals surface area contributed by atoms with Gasteiger partial charge in [-0.2, -0.15) is 5.10 Å². The van der Waals surface area contributed by atoms with E-state index in [9.17, 15) is 4.79 Å². The summed E-state index contributed by atoms with van der Waals surface area (Å²) in [7, 11) is 0. The van der Waals surface area contributed by atoms with Crippen molar-refractivity contribution < 1.29 is 9.32 Å². The van der Waals surface area contributed by atoms with Crippen LogP contribution in [0.15, 0.2) is 22.7 Å². The quantitative estimate of drug-likeness (QED) is 0.628. The summed E-state index contributed by atoms with van der Waals surface area (Å²) in [4.78, 5) is 14.9. The van der Waals surface area contributed by atoms with E-state index in [2.05, 4.69) is 12.1 Å². The molecule has 8 heteroatoms. The molecule has 0 saturated carbocycles. The molecular weight excluding hydrogens is 399 g/mol. The zero-order valence-electron chi connectivity index (χ0n) is 15.3. The third-order valence-electron chi connectivity index (χ3n) is 5.54. The minimum atomic E-state index is -0.0606. The number of halogens is 2. The van der Waals surface area contributed by atoms with Crippen LogP contribution in [-0.4, -0.2) is 32.3 Å². The summed E-state index contributed by atoms with van der Waals surface area (Å²) >= 11 is 12.1. The normalized spacial score (nSPS) is 15.2. The van der Waals surface area contributed by atoms with Crippen molar-refractivity contribution in [2.75, 3.05) is 6.54 Å². The molecule has 28 heavy (non-hydrogen) atoms. The lowest BCUT2D eigenvalue weighted by atomic mass is 9.97. The lowest BCUT2D eigenvalue weighted by Gasteiger charge is -2.27. The van der Waals surface area contributed by atoms with Gasteiger partial charge in [-0.05, 0) is 24.6 Å². The maximum atomic E-state index is 13.0. The molecule has 0 fully saturated rings. The molecule has 0 bridgehead atoms. The van der Waals surface area contributed by atoms with E-state index in [0.29, 0.717) is 28.7 Å². The van der Waals surface area contributed by atoms with E-state index < -0.39 is 0 Å². The van der Waals surface area contributed by atoms with E-state index in [1.165, 1.54) is 5.56 Å². The van der Waals surface area contributed by atoms with Crippen molar-refractivity contribution in [2.24, 2.45) is 0 Å². The average molecular weight is 417 g/mol. The first-order valence-electron chi connectivity index (χ1n) is 9.37. The molecule has 6 nitrogen and oxygen atoms in total. The van der Waals surface area contributed by atoms with Crippen molar-refractivity contribution in [3.8, 4) is 11.4 Å². The number of aromatic nitrogens is 3. The van der Waals surface area contributed by atoms with Gasteiger partial charge < -0.3 is 9.42 Å². The predicted octanol–water partition coefficient (Wildman–Crippen LogP) is 4.16. The number of benzene rings is 1. The largest absolute Gasteiger partial charge is 0.360 e. The highest BCUT2D eigenvalue weighted by Crippen LogP contribution is 2.37. The van der Waals surface area contributed by atoms with Crippen molar-refractivity contribution >= 4 is 29.1 Å². The lowest BCUT2D eigenvalue weighted by Crippen LogP contribution is -2.36. The molecule has 5 rings (SSSR count). The minimum Gasteiger partial charge on any atom is -0.360 e. The molecule has 0 unspecified atom stereocenters. The first kappa shape index (κ1) is 17.8. The second kappa shape index (κ2) is 6.64. The number of carbonyl (C=O) groups is 1. The van der Waals surface area contributed by atoms with Crippen LogP contribution in [0.4, 0.5) is 0 Å². The van der Waals surface area contributed by atoms with Gasteiger partial charge in [0, 0.05) is 42.6 Å². The molecule has 0 spiro atoms. The van der Waals surface area contributed by atoms with E-state index in [-0.39, 0.29) is 5.91 Å². The number of carbonyl (C=O) groups excluding carboxylic acids is 1. The predicted molar refractivity (Wildman–Crippen MR) is 106 cm³/mol. The van der Waals surface area contributed by atoms with Crippen LogP contribution in [0.2, 0.25) is 10.0 Å². The number of fused-ring (bicyclic) bond motifs is 5. The fourth-order valence-corrected chi connectivity index (χ4v) is 4.42. The van der Waals surface area contributed by atoms with Crippen molar-refractivity contribution in [2.45, 2.75) is 39.3 Å². The van der Waals surface area contributed by atoms with Crippen molar-refractivity contribution in [3.63, 3.8) is 0 Å². The Morgan fingerprint density at radius 1 is 1.18 bits per heavy atom. The van der Waals surface area contributed by atoms with Gasteiger partial charge in [0.25, 0.3) is 5.91 Å². The van der Waals surface area contributed by atoms with Crippen molar-refractivity contribution in [1.29, 1.82) is 0 Å². The van der Waals surface area contributed by atoms with Gasteiger partial charge in [-0.3, -0.25) is 9.48 Å². The monoisotopic (exact) mass is 416 g/mol. The Bertz CT molecular complexity index is 1100. The van der Waals surface area contributed by atoms with Crippen LogP contribution in [0.25, 0.3) is 11.4 Å². The molecule has 144 valence electrons. The number of nitrogens with zero attached hydrogens (tertiary/aromatic N) is 4. The first-order chi connectivity index (χ1) is 13.6.